The molecular weight excluding hydrogens is 440 g/mol. The molecule has 0 bridgehead atoms. The Balaban J connectivity index is 1.16. The van der Waals surface area contributed by atoms with Crippen LogP contribution in [0.15, 0.2) is 18.2 Å². The van der Waals surface area contributed by atoms with Crippen molar-refractivity contribution < 1.29 is 14.6 Å². The predicted octanol–water partition coefficient (Wildman–Crippen LogP) is 3.83. The number of carbonyl (C=O) groups excluding carboxylic acids is 1. The largest absolute Gasteiger partial charge is 0.457 e. The van der Waals surface area contributed by atoms with E-state index in [1.165, 1.54) is 0 Å². The Kier molecular flexibility index (Phi) is 6.05. The lowest BCUT2D eigenvalue weighted by molar-refractivity contribution is 0.0447. The molecule has 33 heavy (non-hydrogen) atoms. The third-order valence-corrected chi connectivity index (χ3v) is 8.35. The molecule has 3 aliphatic rings. The fourth-order valence-corrected chi connectivity index (χ4v) is 5.69. The number of esters is 1. The van der Waals surface area contributed by atoms with Crippen LogP contribution in [-0.4, -0.2) is 58.9 Å². The first-order valence-corrected chi connectivity index (χ1v) is 12.2. The highest BCUT2D eigenvalue weighted by Crippen LogP contribution is 2.42. The van der Waals surface area contributed by atoms with Crippen LogP contribution in [0.5, 0.6) is 0 Å². The highest BCUT2D eigenvalue weighted by molar-refractivity contribution is 6.30. The summed E-state index contributed by atoms with van der Waals surface area (Å²) in [5, 5.41) is 19.8. The van der Waals surface area contributed by atoms with Crippen molar-refractivity contribution in [2.75, 3.05) is 37.6 Å². The van der Waals surface area contributed by atoms with Gasteiger partial charge in [0.1, 0.15) is 6.61 Å². The smallest absolute Gasteiger partial charge is 0.338 e. The van der Waals surface area contributed by atoms with Crippen LogP contribution in [0.4, 0.5) is 5.82 Å². The van der Waals surface area contributed by atoms with Gasteiger partial charge in [-0.15, -0.1) is 10.2 Å². The first kappa shape index (κ1) is 22.6. The zero-order chi connectivity index (χ0) is 23.2. The maximum Gasteiger partial charge on any atom is 0.338 e. The minimum absolute atomic E-state index is 0.264. The Bertz CT molecular complexity index is 1060. The van der Waals surface area contributed by atoms with Crippen LogP contribution in [0.2, 0.25) is 5.15 Å². The van der Waals surface area contributed by atoms with Crippen molar-refractivity contribution in [1.82, 2.24) is 15.1 Å². The lowest BCUT2D eigenvalue weighted by Gasteiger charge is -2.47. The monoisotopic (exact) mass is 470 g/mol. The molecule has 1 atom stereocenters. The quantitative estimate of drug-likeness (QED) is 0.680. The number of likely N-dealkylation sites (tertiary alicyclic amines) is 1. The number of ether oxygens (including phenoxy) is 1. The van der Waals surface area contributed by atoms with Crippen molar-refractivity contribution in [3.8, 4) is 0 Å². The SMILES string of the molecule is Cc1cc(N2CCC3(CCN(CC(O)c4ccc5c(c4C)COC5=O)CC3)CC2)nnc1Cl. The molecule has 1 unspecified atom stereocenters. The second kappa shape index (κ2) is 8.85. The number of halogens is 1. The van der Waals surface area contributed by atoms with Gasteiger partial charge in [-0.2, -0.15) is 0 Å². The van der Waals surface area contributed by atoms with E-state index < -0.39 is 6.10 Å². The van der Waals surface area contributed by atoms with E-state index >= 15 is 0 Å². The summed E-state index contributed by atoms with van der Waals surface area (Å²) < 4.78 is 5.15. The van der Waals surface area contributed by atoms with Crippen molar-refractivity contribution in [3.63, 3.8) is 0 Å². The molecule has 0 radical (unpaired) electrons. The van der Waals surface area contributed by atoms with Gasteiger partial charge in [0.25, 0.3) is 0 Å². The molecule has 3 aliphatic heterocycles. The second-order valence-corrected chi connectivity index (χ2v) is 10.2. The van der Waals surface area contributed by atoms with Crippen LogP contribution in [0.1, 0.15) is 64.4 Å². The summed E-state index contributed by atoms with van der Waals surface area (Å²) >= 11 is 6.03. The minimum atomic E-state index is -0.561. The van der Waals surface area contributed by atoms with E-state index in [-0.39, 0.29) is 5.97 Å². The van der Waals surface area contributed by atoms with E-state index in [9.17, 15) is 9.90 Å². The van der Waals surface area contributed by atoms with Crippen molar-refractivity contribution >= 4 is 23.4 Å². The number of cyclic esters (lactones) is 1. The molecule has 1 spiro atoms. The molecule has 1 aromatic carbocycles. The molecule has 2 fully saturated rings. The van der Waals surface area contributed by atoms with Crippen molar-refractivity contribution in [1.29, 1.82) is 0 Å². The average Bonchev–Trinajstić information content (AvgIpc) is 3.20. The number of hydrogen-bond acceptors (Lipinski definition) is 7. The summed E-state index contributed by atoms with van der Waals surface area (Å²) in [5.74, 6) is 0.656. The molecule has 2 saturated heterocycles. The number of carbonyl (C=O) groups is 1. The van der Waals surface area contributed by atoms with Crippen molar-refractivity contribution in [3.05, 3.63) is 51.2 Å². The molecule has 0 saturated carbocycles. The van der Waals surface area contributed by atoms with Crippen LogP contribution in [0, 0.1) is 19.3 Å². The number of benzene rings is 1. The molecule has 7 nitrogen and oxygen atoms in total. The highest BCUT2D eigenvalue weighted by atomic mass is 35.5. The minimum Gasteiger partial charge on any atom is -0.457 e. The molecule has 1 aromatic heterocycles. The van der Waals surface area contributed by atoms with E-state index in [0.717, 1.165) is 79.9 Å². The Morgan fingerprint density at radius 3 is 2.52 bits per heavy atom. The number of aliphatic hydroxyl groups is 1. The number of nitrogens with zero attached hydrogens (tertiary/aromatic N) is 4. The lowest BCUT2D eigenvalue weighted by Crippen LogP contribution is -2.47. The predicted molar refractivity (Wildman–Crippen MR) is 127 cm³/mol. The third-order valence-electron chi connectivity index (χ3n) is 7.97. The Hall–Kier alpha value is -2.22. The molecule has 0 amide bonds. The maximum atomic E-state index is 11.8. The van der Waals surface area contributed by atoms with E-state index in [2.05, 4.69) is 20.0 Å². The molecule has 2 aromatic rings. The third kappa shape index (κ3) is 4.34. The zero-order valence-electron chi connectivity index (χ0n) is 19.3. The van der Waals surface area contributed by atoms with Crippen LogP contribution in [-0.2, 0) is 11.3 Å². The molecule has 1 N–H and O–H groups in total. The van der Waals surface area contributed by atoms with Crippen molar-refractivity contribution in [2.45, 2.75) is 52.2 Å². The fraction of sp³-hybridized carbons (Fsp3) is 0.560. The van der Waals surface area contributed by atoms with E-state index in [1.807, 2.05) is 26.0 Å². The standard InChI is InChI=1S/C25H31ClN4O3/c1-16-13-22(27-28-23(16)26)30-11-7-25(8-12-30)5-9-29(10-6-25)14-21(31)18-3-4-19-20(17(18)2)15-33-24(19)32/h3-4,13,21,31H,5-12,14-15H2,1-2H3. The van der Waals surface area contributed by atoms with Gasteiger partial charge in [0, 0.05) is 25.2 Å². The van der Waals surface area contributed by atoms with Gasteiger partial charge in [0.15, 0.2) is 11.0 Å². The second-order valence-electron chi connectivity index (χ2n) is 9.86. The van der Waals surface area contributed by atoms with Gasteiger partial charge in [-0.05, 0) is 86.9 Å². The van der Waals surface area contributed by atoms with E-state index in [0.29, 0.717) is 29.3 Å². The van der Waals surface area contributed by atoms with Gasteiger partial charge >= 0.3 is 5.97 Å². The van der Waals surface area contributed by atoms with Crippen LogP contribution >= 0.6 is 11.6 Å². The van der Waals surface area contributed by atoms with E-state index in [4.69, 9.17) is 16.3 Å². The highest BCUT2D eigenvalue weighted by Gasteiger charge is 2.38. The first-order valence-electron chi connectivity index (χ1n) is 11.8. The van der Waals surface area contributed by atoms with Gasteiger partial charge in [-0.1, -0.05) is 17.7 Å². The summed E-state index contributed by atoms with van der Waals surface area (Å²) in [5.41, 5.74) is 4.78. The number of β-amino-alcohol motifs (C(OH)–C–C–N with tert-alkyl or cyclic N) is 1. The zero-order valence-corrected chi connectivity index (χ0v) is 20.1. The Morgan fingerprint density at radius 2 is 1.82 bits per heavy atom. The summed E-state index contributed by atoms with van der Waals surface area (Å²) in [6.45, 7) is 8.87. The van der Waals surface area contributed by atoms with Crippen LogP contribution in [0.3, 0.4) is 0 Å². The van der Waals surface area contributed by atoms with Gasteiger partial charge in [0.2, 0.25) is 0 Å². The van der Waals surface area contributed by atoms with E-state index in [1.54, 1.807) is 6.07 Å². The molecule has 5 rings (SSSR count). The lowest BCUT2D eigenvalue weighted by atomic mass is 9.71. The molecule has 0 aliphatic carbocycles. The Morgan fingerprint density at radius 1 is 1.12 bits per heavy atom. The molecule has 4 heterocycles. The molecule has 176 valence electrons. The summed E-state index contributed by atoms with van der Waals surface area (Å²) in [6, 6.07) is 5.70. The van der Waals surface area contributed by atoms with Gasteiger partial charge in [-0.3, -0.25) is 0 Å². The van der Waals surface area contributed by atoms with Gasteiger partial charge in [-0.25, -0.2) is 4.79 Å². The number of aliphatic hydroxyl groups excluding tert-OH is 1. The number of fused-ring (bicyclic) bond motifs is 1. The van der Waals surface area contributed by atoms with Crippen molar-refractivity contribution in [2.24, 2.45) is 5.41 Å². The van der Waals surface area contributed by atoms with Gasteiger partial charge < -0.3 is 19.6 Å². The maximum absolute atomic E-state index is 11.8. The summed E-state index contributed by atoms with van der Waals surface area (Å²) in [6.07, 6.45) is 4.07. The van der Waals surface area contributed by atoms with Crippen LogP contribution in [0.25, 0.3) is 0 Å². The number of aromatic nitrogens is 2. The van der Waals surface area contributed by atoms with Gasteiger partial charge in [0.05, 0.1) is 11.7 Å². The number of rotatable bonds is 4. The number of hydrogen-bond donors (Lipinski definition) is 1. The topological polar surface area (TPSA) is 78.8 Å². The molecular formula is C25H31ClN4O3. The summed E-state index contributed by atoms with van der Waals surface area (Å²) in [7, 11) is 0. The fourth-order valence-electron chi connectivity index (χ4n) is 5.60. The number of aryl methyl sites for hydroxylation is 1. The number of piperidine rings is 2. The van der Waals surface area contributed by atoms with Crippen LogP contribution < -0.4 is 4.90 Å². The number of anilines is 1. The molecule has 8 heteroatoms. The summed E-state index contributed by atoms with van der Waals surface area (Å²) in [4.78, 5) is 16.5. The average molecular weight is 471 g/mol. The normalized spacial score (nSPS) is 21.2. The first-order chi connectivity index (χ1) is 15.8. The Labute approximate surface area is 199 Å².